The van der Waals surface area contributed by atoms with Crippen molar-refractivity contribution in [2.45, 2.75) is 57.9 Å². The Hall–Kier alpha value is -3.40. The van der Waals surface area contributed by atoms with E-state index in [1.54, 1.807) is 10.9 Å². The standard InChI is InChI=1S/C25H28F2N7O6PS/c1-3-39-17-6-4-16(5-7-17)34-12-19(23(32-34)22-18(26)8-9-21(27)31-22)29-24(35)20-13-42-25(30-20)15-10-28-33(11-15)14(2)40-41(36,37)38/h8-14,16-17H,3-7H2,1-2H3,(H,29,35)(H2,36,37,38)/t14?,16-,17-. The van der Waals surface area contributed by atoms with Gasteiger partial charge in [-0.25, -0.2) is 23.6 Å². The molecule has 17 heteroatoms. The van der Waals surface area contributed by atoms with Gasteiger partial charge in [0.15, 0.2) is 12.0 Å². The van der Waals surface area contributed by atoms with Crippen LogP contribution in [-0.4, -0.2) is 57.9 Å². The van der Waals surface area contributed by atoms with E-state index in [0.29, 0.717) is 17.2 Å². The summed E-state index contributed by atoms with van der Waals surface area (Å²) in [6, 6.07) is 1.83. The van der Waals surface area contributed by atoms with Crippen molar-refractivity contribution in [2.75, 3.05) is 11.9 Å². The predicted molar refractivity (Wildman–Crippen MR) is 147 cm³/mol. The first-order chi connectivity index (χ1) is 20.0. The Morgan fingerprint density at radius 1 is 1.19 bits per heavy atom. The lowest BCUT2D eigenvalue weighted by Crippen LogP contribution is -2.24. The van der Waals surface area contributed by atoms with Crippen LogP contribution in [0.5, 0.6) is 0 Å². The molecule has 4 aromatic rings. The van der Waals surface area contributed by atoms with Gasteiger partial charge in [0.1, 0.15) is 22.1 Å². The molecule has 42 heavy (non-hydrogen) atoms. The number of carbonyl (C=O) groups excluding carboxylic acids is 1. The van der Waals surface area contributed by atoms with E-state index in [-0.39, 0.29) is 34.9 Å². The van der Waals surface area contributed by atoms with Gasteiger partial charge in [-0.05, 0) is 51.7 Å². The van der Waals surface area contributed by atoms with Crippen molar-refractivity contribution in [1.82, 2.24) is 29.5 Å². The van der Waals surface area contributed by atoms with Crippen molar-refractivity contribution in [1.29, 1.82) is 0 Å². The highest BCUT2D eigenvalue weighted by Gasteiger charge is 2.27. The zero-order valence-electron chi connectivity index (χ0n) is 22.6. The molecule has 3 N–H and O–H groups in total. The molecule has 0 saturated heterocycles. The summed E-state index contributed by atoms with van der Waals surface area (Å²) in [7, 11) is -4.73. The topological polar surface area (TPSA) is 167 Å². The molecule has 4 aromatic heterocycles. The lowest BCUT2D eigenvalue weighted by atomic mass is 9.93. The highest BCUT2D eigenvalue weighted by atomic mass is 32.1. The number of rotatable bonds is 10. The monoisotopic (exact) mass is 623 g/mol. The molecule has 1 aliphatic rings. The first-order valence-electron chi connectivity index (χ1n) is 13.1. The van der Waals surface area contributed by atoms with Gasteiger partial charge in [-0.15, -0.1) is 11.3 Å². The van der Waals surface area contributed by atoms with E-state index < -0.39 is 31.7 Å². The minimum atomic E-state index is -4.73. The van der Waals surface area contributed by atoms with Crippen LogP contribution < -0.4 is 5.32 Å². The number of nitrogens with zero attached hydrogens (tertiary/aromatic N) is 6. The Kier molecular flexibility index (Phi) is 8.92. The Morgan fingerprint density at radius 2 is 1.95 bits per heavy atom. The van der Waals surface area contributed by atoms with Crippen LogP contribution in [0.25, 0.3) is 22.0 Å². The summed E-state index contributed by atoms with van der Waals surface area (Å²) in [5.74, 6) is -2.29. The van der Waals surface area contributed by atoms with Gasteiger partial charge < -0.3 is 19.8 Å². The van der Waals surface area contributed by atoms with Crippen molar-refractivity contribution in [3.8, 4) is 22.0 Å². The van der Waals surface area contributed by atoms with Crippen LogP contribution in [0, 0.1) is 11.8 Å². The maximum atomic E-state index is 14.7. The molecular formula is C25H28F2N7O6PS. The van der Waals surface area contributed by atoms with Crippen LogP contribution in [-0.2, 0) is 13.8 Å². The molecule has 0 aromatic carbocycles. The number of carbonyl (C=O) groups is 1. The fourth-order valence-electron chi connectivity index (χ4n) is 4.73. The molecular weight excluding hydrogens is 595 g/mol. The summed E-state index contributed by atoms with van der Waals surface area (Å²) in [6.45, 7) is 3.99. The third-order valence-corrected chi connectivity index (χ3v) is 8.16. The second-order valence-corrected chi connectivity index (χ2v) is 11.7. The number of ether oxygens (including phenoxy) is 1. The molecule has 0 spiro atoms. The minimum absolute atomic E-state index is 0.0111. The molecule has 4 heterocycles. The zero-order chi connectivity index (χ0) is 30.0. The molecule has 0 aliphatic heterocycles. The number of phosphoric acid groups is 1. The molecule has 1 atom stereocenters. The minimum Gasteiger partial charge on any atom is -0.379 e. The van der Waals surface area contributed by atoms with Crippen LogP contribution in [0.15, 0.2) is 36.1 Å². The fraction of sp³-hybridized carbons (Fsp3) is 0.400. The number of phosphoric ester groups is 1. The Balaban J connectivity index is 1.37. The average Bonchev–Trinajstić information content (AvgIpc) is 3.70. The zero-order valence-corrected chi connectivity index (χ0v) is 24.3. The highest BCUT2D eigenvalue weighted by Crippen LogP contribution is 2.40. The van der Waals surface area contributed by atoms with Crippen molar-refractivity contribution < 1.29 is 37.2 Å². The van der Waals surface area contributed by atoms with E-state index in [1.165, 1.54) is 29.4 Å². The highest BCUT2D eigenvalue weighted by molar-refractivity contribution is 7.46. The van der Waals surface area contributed by atoms with E-state index in [9.17, 15) is 18.1 Å². The van der Waals surface area contributed by atoms with E-state index in [0.717, 1.165) is 49.2 Å². The molecule has 0 radical (unpaired) electrons. The summed E-state index contributed by atoms with van der Waals surface area (Å²) in [6.07, 6.45) is 6.76. The second kappa shape index (κ2) is 12.5. The number of hydrogen-bond donors (Lipinski definition) is 3. The SMILES string of the molecule is CCO[C@H]1CC[C@H](n2cc(NC(=O)c3csc(-c4cnn(C(C)OP(=O)(O)O)c4)n3)c(-c3nc(F)ccc3F)n2)CC1. The number of halogens is 2. The summed E-state index contributed by atoms with van der Waals surface area (Å²) in [5.41, 5.74) is 0.344. The van der Waals surface area contributed by atoms with Crippen molar-refractivity contribution in [3.05, 3.63) is 53.6 Å². The number of aromatic nitrogens is 6. The van der Waals surface area contributed by atoms with Gasteiger partial charge in [-0.3, -0.25) is 14.0 Å². The van der Waals surface area contributed by atoms with Crippen LogP contribution in [0.3, 0.4) is 0 Å². The molecule has 224 valence electrons. The van der Waals surface area contributed by atoms with E-state index in [4.69, 9.17) is 14.5 Å². The van der Waals surface area contributed by atoms with Crippen LogP contribution in [0.2, 0.25) is 0 Å². The third kappa shape index (κ3) is 6.97. The molecule has 5 rings (SSSR count). The lowest BCUT2D eigenvalue weighted by molar-refractivity contribution is 0.0260. The van der Waals surface area contributed by atoms with Crippen LogP contribution in [0.1, 0.15) is 62.3 Å². The predicted octanol–water partition coefficient (Wildman–Crippen LogP) is 4.94. The Labute approximate surface area is 242 Å². The maximum absolute atomic E-state index is 14.7. The fourth-order valence-corrected chi connectivity index (χ4v) is 6.00. The summed E-state index contributed by atoms with van der Waals surface area (Å²) < 4.78 is 53.1. The quantitative estimate of drug-likeness (QED) is 0.163. The first kappa shape index (κ1) is 30.1. The Bertz CT molecular complexity index is 1610. The molecule has 1 aliphatic carbocycles. The van der Waals surface area contributed by atoms with E-state index >= 15 is 0 Å². The largest absolute Gasteiger partial charge is 0.471 e. The number of anilines is 1. The van der Waals surface area contributed by atoms with Gasteiger partial charge in [-0.1, -0.05) is 0 Å². The Morgan fingerprint density at radius 3 is 2.67 bits per heavy atom. The van der Waals surface area contributed by atoms with Crippen molar-refractivity contribution in [3.63, 3.8) is 0 Å². The van der Waals surface area contributed by atoms with E-state index in [1.807, 2.05) is 6.92 Å². The molecule has 1 unspecified atom stereocenters. The maximum Gasteiger partial charge on any atom is 0.471 e. The summed E-state index contributed by atoms with van der Waals surface area (Å²) >= 11 is 1.14. The number of pyridine rings is 1. The van der Waals surface area contributed by atoms with Gasteiger partial charge in [0.2, 0.25) is 5.95 Å². The second-order valence-electron chi connectivity index (χ2n) is 9.62. The van der Waals surface area contributed by atoms with Gasteiger partial charge in [-0.2, -0.15) is 14.6 Å². The number of hydrogen-bond acceptors (Lipinski definition) is 9. The molecule has 13 nitrogen and oxygen atoms in total. The van der Waals surface area contributed by atoms with Gasteiger partial charge in [0, 0.05) is 29.9 Å². The van der Waals surface area contributed by atoms with Crippen molar-refractivity contribution >= 4 is 30.8 Å². The molecule has 1 amide bonds. The van der Waals surface area contributed by atoms with Gasteiger partial charge in [0.25, 0.3) is 5.91 Å². The smallest absolute Gasteiger partial charge is 0.379 e. The van der Waals surface area contributed by atoms with Crippen molar-refractivity contribution in [2.24, 2.45) is 0 Å². The average molecular weight is 624 g/mol. The molecule has 1 fully saturated rings. The molecule has 1 saturated carbocycles. The van der Waals surface area contributed by atoms with E-state index in [2.05, 4.69) is 30.0 Å². The first-order valence-corrected chi connectivity index (χ1v) is 15.5. The number of thiazole rings is 1. The molecule has 0 bridgehead atoms. The summed E-state index contributed by atoms with van der Waals surface area (Å²) in [5, 5.41) is 13.2. The number of amides is 1. The normalized spacial score (nSPS) is 18.2. The number of nitrogens with one attached hydrogen (secondary N) is 1. The summed E-state index contributed by atoms with van der Waals surface area (Å²) in [4.78, 5) is 39.3. The lowest BCUT2D eigenvalue weighted by Gasteiger charge is -2.28. The van der Waals surface area contributed by atoms with Crippen LogP contribution >= 0.6 is 19.2 Å². The van der Waals surface area contributed by atoms with Gasteiger partial charge in [0.05, 0.1) is 24.0 Å². The van der Waals surface area contributed by atoms with Crippen LogP contribution in [0.4, 0.5) is 14.5 Å². The third-order valence-electron chi connectivity index (χ3n) is 6.68. The van der Waals surface area contributed by atoms with Gasteiger partial charge >= 0.3 is 7.82 Å².